The first-order valence-corrected chi connectivity index (χ1v) is 9.80. The molecule has 0 spiro atoms. The molecule has 1 aromatic carbocycles. The first-order valence-electron chi connectivity index (χ1n) is 7.00. The fourth-order valence-corrected chi connectivity index (χ4v) is 4.43. The van der Waals surface area contributed by atoms with Gasteiger partial charge in [-0.1, -0.05) is 32.0 Å². The van der Waals surface area contributed by atoms with Gasteiger partial charge in [0.25, 0.3) is 0 Å². The first kappa shape index (κ1) is 18.3. The zero-order valence-electron chi connectivity index (χ0n) is 13.3. The summed E-state index contributed by atoms with van der Waals surface area (Å²) in [4.78, 5) is 0.305. The van der Waals surface area contributed by atoms with Gasteiger partial charge in [0.1, 0.15) is 0 Å². The third-order valence-electron chi connectivity index (χ3n) is 3.12. The van der Waals surface area contributed by atoms with Crippen LogP contribution in [0, 0.1) is 5.92 Å². The fourth-order valence-electron chi connectivity index (χ4n) is 1.64. The molecule has 1 N–H and O–H groups in total. The van der Waals surface area contributed by atoms with Crippen molar-refractivity contribution in [2.24, 2.45) is 5.92 Å². The molecular weight excluding hydrogens is 306 g/mol. The van der Waals surface area contributed by atoms with Gasteiger partial charge in [-0.3, -0.25) is 0 Å². The number of nitrogens with one attached hydrogen (secondary N) is 1. The minimum atomic E-state index is -3.39. The summed E-state index contributed by atoms with van der Waals surface area (Å²) in [5.41, 5.74) is 0. The summed E-state index contributed by atoms with van der Waals surface area (Å²) in [6, 6.07) is 8.03. The maximum atomic E-state index is 12.4. The highest BCUT2D eigenvalue weighted by Gasteiger charge is 2.28. The lowest BCUT2D eigenvalue weighted by atomic mass is 10.1. The maximum absolute atomic E-state index is 12.4. The molecule has 0 aliphatic heterocycles. The molecule has 0 aliphatic rings. The Balaban J connectivity index is 2.92. The second-order valence-corrected chi connectivity index (χ2v) is 10.5. The van der Waals surface area contributed by atoms with Crippen molar-refractivity contribution >= 4 is 20.8 Å². The normalized spacial score (nSPS) is 15.9. The van der Waals surface area contributed by atoms with Crippen molar-refractivity contribution in [3.05, 3.63) is 30.3 Å². The Labute approximate surface area is 130 Å². The van der Waals surface area contributed by atoms with Crippen LogP contribution in [0.2, 0.25) is 0 Å². The van der Waals surface area contributed by atoms with Crippen molar-refractivity contribution in [3.63, 3.8) is 0 Å². The van der Waals surface area contributed by atoms with E-state index in [9.17, 15) is 12.6 Å². The Morgan fingerprint density at radius 2 is 1.67 bits per heavy atom. The van der Waals surface area contributed by atoms with Crippen molar-refractivity contribution in [1.82, 2.24) is 4.72 Å². The summed E-state index contributed by atoms with van der Waals surface area (Å²) in [6.45, 7) is 9.44. The summed E-state index contributed by atoms with van der Waals surface area (Å²) in [7, 11) is -4.69. The number of benzene rings is 1. The smallest absolute Gasteiger partial charge is 0.179 e. The van der Waals surface area contributed by atoms with Gasteiger partial charge in [0.05, 0.1) is 26.4 Å². The summed E-state index contributed by atoms with van der Waals surface area (Å²) < 4.78 is 39.6. The van der Waals surface area contributed by atoms with Crippen molar-refractivity contribution < 1.29 is 12.6 Å². The van der Waals surface area contributed by atoms with E-state index in [0.29, 0.717) is 4.90 Å². The Kier molecular flexibility index (Phi) is 6.13. The second kappa shape index (κ2) is 7.03. The third-order valence-corrected chi connectivity index (χ3v) is 6.54. The Morgan fingerprint density at radius 1 is 1.14 bits per heavy atom. The SMILES string of the molecule is CC(C)[C@H](CS(=O)(=O)c1ccccc1)N[S@@](=O)C(C)(C)C. The van der Waals surface area contributed by atoms with Gasteiger partial charge in [0.2, 0.25) is 0 Å². The number of hydrogen-bond acceptors (Lipinski definition) is 3. The van der Waals surface area contributed by atoms with Gasteiger partial charge in [0.15, 0.2) is 9.84 Å². The zero-order chi connectivity index (χ0) is 16.3. The predicted octanol–water partition coefficient (Wildman–Crippen LogP) is 2.54. The van der Waals surface area contributed by atoms with Crippen LogP contribution in [0.15, 0.2) is 35.2 Å². The molecule has 0 aliphatic carbocycles. The van der Waals surface area contributed by atoms with Crippen LogP contribution in [0.4, 0.5) is 0 Å². The number of sulfone groups is 1. The summed E-state index contributed by atoms with van der Waals surface area (Å²) >= 11 is 0. The summed E-state index contributed by atoms with van der Waals surface area (Å²) in [6.07, 6.45) is 0. The standard InChI is InChI=1S/C15H25NO3S2/c1-12(2)14(16-20(17)15(3,4)5)11-21(18,19)13-9-7-6-8-10-13/h6-10,12,14,16H,11H2,1-5H3/t14-,20-/m0/s1. The maximum Gasteiger partial charge on any atom is 0.179 e. The lowest BCUT2D eigenvalue weighted by Gasteiger charge is -2.26. The van der Waals surface area contributed by atoms with Gasteiger partial charge in [0, 0.05) is 6.04 Å². The molecule has 6 heteroatoms. The lowest BCUT2D eigenvalue weighted by Crippen LogP contribution is -2.45. The Hall–Kier alpha value is -0.720. The van der Waals surface area contributed by atoms with Crippen LogP contribution in [0.5, 0.6) is 0 Å². The average molecular weight is 332 g/mol. The third kappa shape index (κ3) is 5.52. The van der Waals surface area contributed by atoms with Crippen LogP contribution in [0.25, 0.3) is 0 Å². The molecule has 0 unspecified atom stereocenters. The van der Waals surface area contributed by atoms with Crippen molar-refractivity contribution in [1.29, 1.82) is 0 Å². The monoisotopic (exact) mass is 331 g/mol. The molecule has 0 amide bonds. The van der Waals surface area contributed by atoms with Crippen LogP contribution >= 0.6 is 0 Å². The number of rotatable bonds is 6. The van der Waals surface area contributed by atoms with Crippen molar-refractivity contribution in [2.75, 3.05) is 5.75 Å². The van der Waals surface area contributed by atoms with E-state index in [2.05, 4.69) is 4.72 Å². The van der Waals surface area contributed by atoms with E-state index in [4.69, 9.17) is 0 Å². The Morgan fingerprint density at radius 3 is 2.10 bits per heavy atom. The molecule has 0 fully saturated rings. The molecule has 0 radical (unpaired) electrons. The van der Waals surface area contributed by atoms with Crippen molar-refractivity contribution in [3.8, 4) is 0 Å². The average Bonchev–Trinajstić information content (AvgIpc) is 2.37. The van der Waals surface area contributed by atoms with Gasteiger partial charge in [-0.15, -0.1) is 0 Å². The largest absolute Gasteiger partial charge is 0.242 e. The fraction of sp³-hybridized carbons (Fsp3) is 0.600. The highest BCUT2D eigenvalue weighted by Crippen LogP contribution is 2.17. The molecule has 1 aromatic rings. The molecule has 4 nitrogen and oxygen atoms in total. The number of hydrogen-bond donors (Lipinski definition) is 1. The topological polar surface area (TPSA) is 63.2 Å². The molecule has 2 atom stereocenters. The minimum Gasteiger partial charge on any atom is -0.242 e. The Bertz CT molecular complexity index is 575. The van der Waals surface area contributed by atoms with Gasteiger partial charge in [-0.2, -0.15) is 0 Å². The highest BCUT2D eigenvalue weighted by molar-refractivity contribution is 7.91. The van der Waals surface area contributed by atoms with Gasteiger partial charge in [-0.25, -0.2) is 17.3 Å². The second-order valence-electron chi connectivity index (χ2n) is 6.44. The molecule has 0 aromatic heterocycles. The van der Waals surface area contributed by atoms with Gasteiger partial charge >= 0.3 is 0 Å². The van der Waals surface area contributed by atoms with Crippen LogP contribution in [-0.2, 0) is 20.8 Å². The van der Waals surface area contributed by atoms with Crippen LogP contribution in [-0.4, -0.2) is 29.2 Å². The molecule has 21 heavy (non-hydrogen) atoms. The first-order chi connectivity index (χ1) is 9.54. The molecular formula is C15H25NO3S2. The minimum absolute atomic E-state index is 0.0590. The van der Waals surface area contributed by atoms with Gasteiger partial charge in [-0.05, 0) is 38.8 Å². The van der Waals surface area contributed by atoms with E-state index in [1.54, 1.807) is 30.3 Å². The summed E-state index contributed by atoms with van der Waals surface area (Å²) in [5.74, 6) is 0.00559. The van der Waals surface area contributed by atoms with E-state index >= 15 is 0 Å². The predicted molar refractivity (Wildman–Crippen MR) is 88.2 cm³/mol. The van der Waals surface area contributed by atoms with Crippen LogP contribution in [0.3, 0.4) is 0 Å². The summed E-state index contributed by atoms with van der Waals surface area (Å²) in [5, 5.41) is 0. The van der Waals surface area contributed by atoms with E-state index in [1.165, 1.54) is 0 Å². The molecule has 0 bridgehead atoms. The zero-order valence-corrected chi connectivity index (χ0v) is 14.9. The van der Waals surface area contributed by atoms with Crippen LogP contribution in [0.1, 0.15) is 34.6 Å². The van der Waals surface area contributed by atoms with Crippen LogP contribution < -0.4 is 4.72 Å². The molecule has 0 saturated heterocycles. The molecule has 1 rings (SSSR count). The molecule has 0 heterocycles. The van der Waals surface area contributed by atoms with Crippen molar-refractivity contribution in [2.45, 2.75) is 50.3 Å². The van der Waals surface area contributed by atoms with E-state index in [0.717, 1.165) is 0 Å². The molecule has 0 saturated carbocycles. The van der Waals surface area contributed by atoms with E-state index in [-0.39, 0.29) is 17.7 Å². The molecule has 120 valence electrons. The van der Waals surface area contributed by atoms with E-state index < -0.39 is 25.6 Å². The van der Waals surface area contributed by atoms with Gasteiger partial charge < -0.3 is 0 Å². The highest BCUT2D eigenvalue weighted by atomic mass is 32.2. The van der Waals surface area contributed by atoms with E-state index in [1.807, 2.05) is 34.6 Å². The lowest BCUT2D eigenvalue weighted by molar-refractivity contribution is 0.481. The quantitative estimate of drug-likeness (QED) is 0.871.